The van der Waals surface area contributed by atoms with Crippen molar-refractivity contribution in [2.24, 2.45) is 0 Å². The van der Waals surface area contributed by atoms with Crippen LogP contribution in [0.1, 0.15) is 11.3 Å². The van der Waals surface area contributed by atoms with Crippen LogP contribution in [0.25, 0.3) is 0 Å². The number of aromatic nitrogens is 1. The van der Waals surface area contributed by atoms with Crippen molar-refractivity contribution in [1.82, 2.24) is 4.98 Å². The number of halogens is 4. The van der Waals surface area contributed by atoms with Crippen molar-refractivity contribution in [3.8, 4) is 11.6 Å². The van der Waals surface area contributed by atoms with Crippen LogP contribution < -0.4 is 4.74 Å². The molecule has 0 aliphatic carbocycles. The lowest BCUT2D eigenvalue weighted by atomic mass is 10.2. The highest BCUT2D eigenvalue weighted by Crippen LogP contribution is 2.37. The van der Waals surface area contributed by atoms with Gasteiger partial charge in [-0.1, -0.05) is 18.2 Å². The van der Waals surface area contributed by atoms with E-state index in [9.17, 15) is 13.2 Å². The van der Waals surface area contributed by atoms with Gasteiger partial charge in [0.1, 0.15) is 5.75 Å². The predicted octanol–water partition coefficient (Wildman–Crippen LogP) is 4.63. The van der Waals surface area contributed by atoms with Gasteiger partial charge in [-0.15, -0.1) is 11.6 Å². The molecule has 1 aromatic carbocycles. The molecule has 2 rings (SSSR count). The van der Waals surface area contributed by atoms with Crippen LogP contribution in [-0.4, -0.2) is 4.98 Å². The first-order chi connectivity index (χ1) is 9.00. The van der Waals surface area contributed by atoms with Crippen LogP contribution in [0.2, 0.25) is 0 Å². The minimum atomic E-state index is -4.47. The highest BCUT2D eigenvalue weighted by atomic mass is 35.5. The van der Waals surface area contributed by atoms with Crippen molar-refractivity contribution >= 4 is 11.6 Å². The Morgan fingerprint density at radius 3 is 2.47 bits per heavy atom. The molecule has 19 heavy (non-hydrogen) atoms. The fourth-order valence-electron chi connectivity index (χ4n) is 1.49. The fraction of sp³-hybridized carbons (Fsp3) is 0.154. The standard InChI is InChI=1S/C13H9ClF3NO/c14-8-9-4-3-7-12(18-9)19-11-6-2-1-5-10(11)13(15,16)17/h1-7H,8H2. The van der Waals surface area contributed by atoms with Gasteiger partial charge in [0.05, 0.1) is 17.1 Å². The highest BCUT2D eigenvalue weighted by Gasteiger charge is 2.34. The molecule has 1 aromatic heterocycles. The van der Waals surface area contributed by atoms with Crippen LogP contribution in [0, 0.1) is 0 Å². The third-order valence-electron chi connectivity index (χ3n) is 2.33. The fourth-order valence-corrected chi connectivity index (χ4v) is 1.64. The minimum Gasteiger partial charge on any atom is -0.438 e. The lowest BCUT2D eigenvalue weighted by Gasteiger charge is -2.13. The molecule has 0 spiro atoms. The van der Waals surface area contributed by atoms with Crippen LogP contribution in [0.5, 0.6) is 11.6 Å². The van der Waals surface area contributed by atoms with E-state index in [1.54, 1.807) is 12.1 Å². The summed E-state index contributed by atoms with van der Waals surface area (Å²) in [6.45, 7) is 0. The molecule has 0 aliphatic rings. The van der Waals surface area contributed by atoms with E-state index in [1.807, 2.05) is 0 Å². The zero-order valence-electron chi connectivity index (χ0n) is 9.62. The molecule has 0 bridgehead atoms. The van der Waals surface area contributed by atoms with Crippen LogP contribution in [0.4, 0.5) is 13.2 Å². The Kier molecular flexibility index (Phi) is 3.95. The quantitative estimate of drug-likeness (QED) is 0.768. The number of pyridine rings is 1. The van der Waals surface area contributed by atoms with Crippen LogP contribution in [-0.2, 0) is 12.1 Å². The first-order valence-corrected chi connectivity index (χ1v) is 5.90. The average Bonchev–Trinajstić information content (AvgIpc) is 2.38. The SMILES string of the molecule is FC(F)(F)c1ccccc1Oc1cccc(CCl)n1. The molecule has 0 aliphatic heterocycles. The second kappa shape index (κ2) is 5.48. The van der Waals surface area contributed by atoms with E-state index in [1.165, 1.54) is 24.3 Å². The lowest BCUT2D eigenvalue weighted by molar-refractivity contribution is -0.138. The first-order valence-electron chi connectivity index (χ1n) is 5.36. The number of rotatable bonds is 3. The van der Waals surface area contributed by atoms with E-state index >= 15 is 0 Å². The van der Waals surface area contributed by atoms with Gasteiger partial charge in [-0.2, -0.15) is 13.2 Å². The molecule has 0 saturated carbocycles. The molecule has 100 valence electrons. The number of hydrogen-bond donors (Lipinski definition) is 0. The molecular formula is C13H9ClF3NO. The molecule has 0 saturated heterocycles. The van der Waals surface area contributed by atoms with Crippen molar-refractivity contribution in [2.45, 2.75) is 12.1 Å². The van der Waals surface area contributed by atoms with Gasteiger partial charge in [0.25, 0.3) is 0 Å². The summed E-state index contributed by atoms with van der Waals surface area (Å²) in [6, 6.07) is 9.74. The number of alkyl halides is 4. The summed E-state index contributed by atoms with van der Waals surface area (Å²) in [4.78, 5) is 3.99. The molecular weight excluding hydrogens is 279 g/mol. The largest absolute Gasteiger partial charge is 0.438 e. The Bertz CT molecular complexity index is 572. The van der Waals surface area contributed by atoms with Crippen LogP contribution >= 0.6 is 11.6 Å². The van der Waals surface area contributed by atoms with Gasteiger partial charge >= 0.3 is 6.18 Å². The van der Waals surface area contributed by atoms with E-state index in [0.29, 0.717) is 5.69 Å². The Balaban J connectivity index is 2.33. The maximum Gasteiger partial charge on any atom is 0.419 e. The molecule has 0 N–H and O–H groups in total. The monoisotopic (exact) mass is 287 g/mol. The van der Waals surface area contributed by atoms with Gasteiger partial charge in [-0.05, 0) is 18.2 Å². The Morgan fingerprint density at radius 2 is 1.79 bits per heavy atom. The smallest absolute Gasteiger partial charge is 0.419 e. The van der Waals surface area contributed by atoms with Gasteiger partial charge < -0.3 is 4.74 Å². The zero-order chi connectivity index (χ0) is 13.9. The molecule has 6 heteroatoms. The summed E-state index contributed by atoms with van der Waals surface area (Å²) in [7, 11) is 0. The molecule has 0 radical (unpaired) electrons. The van der Waals surface area contributed by atoms with Gasteiger partial charge in [-0.3, -0.25) is 0 Å². The van der Waals surface area contributed by atoms with E-state index in [-0.39, 0.29) is 17.5 Å². The molecule has 0 atom stereocenters. The van der Waals surface area contributed by atoms with Crippen molar-refractivity contribution in [1.29, 1.82) is 0 Å². The van der Waals surface area contributed by atoms with Crippen molar-refractivity contribution in [3.63, 3.8) is 0 Å². The summed E-state index contributed by atoms with van der Waals surface area (Å²) >= 11 is 5.61. The predicted molar refractivity (Wildman–Crippen MR) is 65.3 cm³/mol. The van der Waals surface area contributed by atoms with Crippen molar-refractivity contribution in [3.05, 3.63) is 53.7 Å². The van der Waals surface area contributed by atoms with E-state index < -0.39 is 11.7 Å². The number of nitrogens with zero attached hydrogens (tertiary/aromatic N) is 1. The minimum absolute atomic E-state index is 0.0786. The number of benzene rings is 1. The summed E-state index contributed by atoms with van der Waals surface area (Å²) in [6.07, 6.45) is -4.47. The van der Waals surface area contributed by atoms with Gasteiger partial charge in [-0.25, -0.2) is 4.98 Å². The highest BCUT2D eigenvalue weighted by molar-refractivity contribution is 6.16. The normalized spacial score (nSPS) is 11.4. The summed E-state index contributed by atoms with van der Waals surface area (Å²) < 4.78 is 43.5. The van der Waals surface area contributed by atoms with Gasteiger partial charge in [0.15, 0.2) is 0 Å². The summed E-state index contributed by atoms with van der Waals surface area (Å²) in [5, 5.41) is 0. The molecule has 1 heterocycles. The Hall–Kier alpha value is -1.75. The molecule has 2 aromatic rings. The second-order valence-electron chi connectivity index (χ2n) is 3.70. The third-order valence-corrected chi connectivity index (χ3v) is 2.60. The van der Waals surface area contributed by atoms with Gasteiger partial charge in [0.2, 0.25) is 5.88 Å². The zero-order valence-corrected chi connectivity index (χ0v) is 10.4. The molecule has 0 fully saturated rings. The lowest BCUT2D eigenvalue weighted by Crippen LogP contribution is -2.07. The maximum atomic E-state index is 12.8. The third kappa shape index (κ3) is 3.38. The first kappa shape index (κ1) is 13.7. The van der Waals surface area contributed by atoms with Crippen molar-refractivity contribution in [2.75, 3.05) is 0 Å². The molecule has 0 amide bonds. The van der Waals surface area contributed by atoms with Crippen LogP contribution in [0.3, 0.4) is 0 Å². The van der Waals surface area contributed by atoms with Gasteiger partial charge in [0, 0.05) is 6.07 Å². The Labute approximate surface area is 112 Å². The number of para-hydroxylation sites is 1. The van der Waals surface area contributed by atoms with Crippen LogP contribution in [0.15, 0.2) is 42.5 Å². The van der Waals surface area contributed by atoms with E-state index in [2.05, 4.69) is 4.98 Å². The maximum absolute atomic E-state index is 12.8. The van der Waals surface area contributed by atoms with Crippen molar-refractivity contribution < 1.29 is 17.9 Å². The Morgan fingerprint density at radius 1 is 1.05 bits per heavy atom. The summed E-state index contributed by atoms with van der Waals surface area (Å²) in [5.74, 6) is -0.0398. The topological polar surface area (TPSA) is 22.1 Å². The number of hydrogen-bond acceptors (Lipinski definition) is 2. The molecule has 2 nitrogen and oxygen atoms in total. The second-order valence-corrected chi connectivity index (χ2v) is 3.96. The van der Waals surface area contributed by atoms with E-state index in [0.717, 1.165) is 6.07 Å². The van der Waals surface area contributed by atoms with E-state index in [4.69, 9.17) is 16.3 Å². The number of ether oxygens (including phenoxy) is 1. The average molecular weight is 288 g/mol. The molecule has 0 unspecified atom stereocenters. The summed E-state index contributed by atoms with van der Waals surface area (Å²) in [5.41, 5.74) is -0.309.